The lowest BCUT2D eigenvalue weighted by Gasteiger charge is -2.02. The summed E-state index contributed by atoms with van der Waals surface area (Å²) in [5, 5.41) is 0. The van der Waals surface area contributed by atoms with Gasteiger partial charge in [0.15, 0.2) is 11.5 Å². The number of pyridine rings is 1. The molecule has 0 fully saturated rings. The largest absolute Gasteiger partial charge is 0.490 e. The maximum absolute atomic E-state index is 11.6. The first-order valence-electron chi connectivity index (χ1n) is 5.11. The molecule has 0 aliphatic carbocycles. The summed E-state index contributed by atoms with van der Waals surface area (Å²) in [7, 11) is 0. The molecule has 3 nitrogen and oxygen atoms in total. The highest BCUT2D eigenvalue weighted by Crippen LogP contribution is 2.13. The molecular weight excluding hydrogens is 190 g/mol. The van der Waals surface area contributed by atoms with Gasteiger partial charge in [-0.3, -0.25) is 9.78 Å². The van der Waals surface area contributed by atoms with Crippen molar-refractivity contribution in [3.8, 4) is 0 Å². The highest BCUT2D eigenvalue weighted by molar-refractivity contribution is 5.93. The van der Waals surface area contributed by atoms with E-state index in [0.29, 0.717) is 18.8 Å². The Kier molecular flexibility index (Phi) is 3.12. The molecule has 0 spiro atoms. The molecule has 1 aliphatic heterocycles. The number of Topliss-reactive ketones (excluding diaryl/α,β-unsaturated/α-hetero) is 1. The van der Waals surface area contributed by atoms with Crippen LogP contribution in [0.5, 0.6) is 0 Å². The molecule has 0 saturated carbocycles. The minimum atomic E-state index is 0.101. The first-order chi connectivity index (χ1) is 7.36. The minimum absolute atomic E-state index is 0.101. The van der Waals surface area contributed by atoms with Gasteiger partial charge in [-0.05, 0) is 30.2 Å². The second-order valence-electron chi connectivity index (χ2n) is 3.48. The van der Waals surface area contributed by atoms with E-state index in [1.165, 1.54) is 0 Å². The summed E-state index contributed by atoms with van der Waals surface area (Å²) in [6.45, 7) is 0.649. The van der Waals surface area contributed by atoms with Crippen molar-refractivity contribution in [3.05, 3.63) is 41.9 Å². The summed E-state index contributed by atoms with van der Waals surface area (Å²) in [4.78, 5) is 15.5. The molecule has 0 aromatic carbocycles. The van der Waals surface area contributed by atoms with E-state index in [9.17, 15) is 4.79 Å². The predicted octanol–water partition coefficient (Wildman–Crippen LogP) is 1.89. The number of allylic oxidation sites excluding steroid dienone is 1. The summed E-state index contributed by atoms with van der Waals surface area (Å²) in [6.07, 6.45) is 7.47. The Balaban J connectivity index is 1.86. The number of carbonyl (C=O) groups is 1. The van der Waals surface area contributed by atoms with E-state index in [4.69, 9.17) is 4.74 Å². The zero-order chi connectivity index (χ0) is 10.5. The van der Waals surface area contributed by atoms with Crippen molar-refractivity contribution in [2.75, 3.05) is 6.61 Å². The Labute approximate surface area is 88.8 Å². The van der Waals surface area contributed by atoms with Gasteiger partial charge in [-0.25, -0.2) is 0 Å². The number of ether oxygens (including phenoxy) is 1. The van der Waals surface area contributed by atoms with Crippen LogP contribution in [0.1, 0.15) is 18.4 Å². The van der Waals surface area contributed by atoms with Gasteiger partial charge in [-0.15, -0.1) is 0 Å². The van der Waals surface area contributed by atoms with Crippen LogP contribution in [0.2, 0.25) is 0 Å². The zero-order valence-electron chi connectivity index (χ0n) is 8.48. The van der Waals surface area contributed by atoms with Crippen LogP contribution in [0.4, 0.5) is 0 Å². The van der Waals surface area contributed by atoms with Crippen LogP contribution in [-0.4, -0.2) is 17.4 Å². The molecular formula is C12H13NO2. The lowest BCUT2D eigenvalue weighted by Crippen LogP contribution is -2.04. The first-order valence-corrected chi connectivity index (χ1v) is 5.11. The molecule has 2 rings (SSSR count). The van der Waals surface area contributed by atoms with E-state index < -0.39 is 0 Å². The normalized spacial score (nSPS) is 14.5. The minimum Gasteiger partial charge on any atom is -0.490 e. The van der Waals surface area contributed by atoms with Gasteiger partial charge >= 0.3 is 0 Å². The van der Waals surface area contributed by atoms with Crippen molar-refractivity contribution in [1.29, 1.82) is 0 Å². The van der Waals surface area contributed by atoms with Crippen LogP contribution in [0.15, 0.2) is 36.4 Å². The molecule has 0 N–H and O–H groups in total. The zero-order valence-corrected chi connectivity index (χ0v) is 8.48. The van der Waals surface area contributed by atoms with Crippen LogP contribution >= 0.6 is 0 Å². The van der Waals surface area contributed by atoms with E-state index in [-0.39, 0.29) is 5.78 Å². The van der Waals surface area contributed by atoms with Gasteiger partial charge in [-0.1, -0.05) is 0 Å². The molecule has 78 valence electrons. The first kappa shape index (κ1) is 9.90. The van der Waals surface area contributed by atoms with Crippen LogP contribution < -0.4 is 0 Å². The summed E-state index contributed by atoms with van der Waals surface area (Å²) in [5.41, 5.74) is 1.14. The molecule has 1 aliphatic rings. The van der Waals surface area contributed by atoms with Gasteiger partial charge in [0.05, 0.1) is 6.61 Å². The van der Waals surface area contributed by atoms with E-state index in [1.54, 1.807) is 12.4 Å². The lowest BCUT2D eigenvalue weighted by atomic mass is 10.1. The predicted molar refractivity (Wildman–Crippen MR) is 56.2 cm³/mol. The molecule has 2 heterocycles. The maximum Gasteiger partial charge on any atom is 0.197 e. The fraction of sp³-hybridized carbons (Fsp3) is 0.333. The fourth-order valence-electron chi connectivity index (χ4n) is 1.54. The SMILES string of the molecule is O=C(CCc1ccncc1)C1=CCCO1. The smallest absolute Gasteiger partial charge is 0.197 e. The van der Waals surface area contributed by atoms with Crippen LogP contribution in [0.25, 0.3) is 0 Å². The number of hydrogen-bond donors (Lipinski definition) is 0. The maximum atomic E-state index is 11.6. The van der Waals surface area contributed by atoms with Crippen molar-refractivity contribution in [2.45, 2.75) is 19.3 Å². The molecule has 0 unspecified atom stereocenters. The number of aryl methyl sites for hydroxylation is 1. The molecule has 0 bridgehead atoms. The molecule has 1 aromatic heterocycles. The Bertz CT molecular complexity index is 370. The van der Waals surface area contributed by atoms with Crippen molar-refractivity contribution >= 4 is 5.78 Å². The standard InChI is InChI=1S/C12H13NO2/c14-11(12-2-1-9-15-12)4-3-10-5-7-13-8-6-10/h2,5-8H,1,3-4,9H2. The van der Waals surface area contributed by atoms with Gasteiger partial charge < -0.3 is 4.74 Å². The Hall–Kier alpha value is -1.64. The monoisotopic (exact) mass is 203 g/mol. The van der Waals surface area contributed by atoms with E-state index in [2.05, 4.69) is 4.98 Å². The summed E-state index contributed by atoms with van der Waals surface area (Å²) >= 11 is 0. The third-order valence-corrected chi connectivity index (χ3v) is 2.37. The Morgan fingerprint density at radius 2 is 2.20 bits per heavy atom. The third-order valence-electron chi connectivity index (χ3n) is 2.37. The van der Waals surface area contributed by atoms with Gasteiger partial charge in [0.2, 0.25) is 0 Å². The molecule has 3 heteroatoms. The second kappa shape index (κ2) is 4.73. The Morgan fingerprint density at radius 1 is 1.40 bits per heavy atom. The number of aromatic nitrogens is 1. The summed E-state index contributed by atoms with van der Waals surface area (Å²) in [6, 6.07) is 3.86. The quantitative estimate of drug-likeness (QED) is 0.750. The Morgan fingerprint density at radius 3 is 2.87 bits per heavy atom. The molecule has 1 aromatic rings. The van der Waals surface area contributed by atoms with Gasteiger partial charge in [0, 0.05) is 25.2 Å². The third kappa shape index (κ3) is 2.65. The number of hydrogen-bond acceptors (Lipinski definition) is 3. The average molecular weight is 203 g/mol. The van der Waals surface area contributed by atoms with E-state index in [1.807, 2.05) is 18.2 Å². The second-order valence-corrected chi connectivity index (χ2v) is 3.48. The van der Waals surface area contributed by atoms with Gasteiger partial charge in [0.1, 0.15) is 0 Å². The average Bonchev–Trinajstić information content (AvgIpc) is 2.81. The lowest BCUT2D eigenvalue weighted by molar-refractivity contribution is -0.118. The van der Waals surface area contributed by atoms with Gasteiger partial charge in [-0.2, -0.15) is 0 Å². The van der Waals surface area contributed by atoms with Gasteiger partial charge in [0.25, 0.3) is 0 Å². The molecule has 0 radical (unpaired) electrons. The summed E-state index contributed by atoms with van der Waals surface area (Å²) in [5.74, 6) is 0.647. The molecule has 0 amide bonds. The molecule has 15 heavy (non-hydrogen) atoms. The molecule has 0 atom stereocenters. The fourth-order valence-corrected chi connectivity index (χ4v) is 1.54. The number of carbonyl (C=O) groups excluding carboxylic acids is 1. The van der Waals surface area contributed by atoms with Crippen molar-refractivity contribution in [2.24, 2.45) is 0 Å². The van der Waals surface area contributed by atoms with Crippen molar-refractivity contribution in [3.63, 3.8) is 0 Å². The number of nitrogens with zero attached hydrogens (tertiary/aromatic N) is 1. The van der Waals surface area contributed by atoms with Crippen LogP contribution in [-0.2, 0) is 16.0 Å². The summed E-state index contributed by atoms with van der Waals surface area (Å²) < 4.78 is 5.20. The number of rotatable bonds is 4. The highest BCUT2D eigenvalue weighted by atomic mass is 16.5. The van der Waals surface area contributed by atoms with Crippen LogP contribution in [0, 0.1) is 0 Å². The molecule has 0 saturated heterocycles. The van der Waals surface area contributed by atoms with Crippen molar-refractivity contribution in [1.82, 2.24) is 4.98 Å². The highest BCUT2D eigenvalue weighted by Gasteiger charge is 2.14. The number of ketones is 1. The van der Waals surface area contributed by atoms with E-state index in [0.717, 1.165) is 18.4 Å². The van der Waals surface area contributed by atoms with E-state index >= 15 is 0 Å². The van der Waals surface area contributed by atoms with Crippen LogP contribution in [0.3, 0.4) is 0 Å². The topological polar surface area (TPSA) is 39.2 Å². The van der Waals surface area contributed by atoms with Crippen molar-refractivity contribution < 1.29 is 9.53 Å².